The van der Waals surface area contributed by atoms with Crippen LogP contribution in [0.15, 0.2) is 0 Å². The van der Waals surface area contributed by atoms with E-state index < -0.39 is 0 Å². The zero-order valence-corrected chi connectivity index (χ0v) is 9.92. The van der Waals surface area contributed by atoms with Gasteiger partial charge in [-0.1, -0.05) is 26.7 Å². The van der Waals surface area contributed by atoms with Crippen LogP contribution in [0.1, 0.15) is 53.4 Å². The van der Waals surface area contributed by atoms with Crippen molar-refractivity contribution in [2.24, 2.45) is 17.8 Å². The minimum absolute atomic E-state index is 0.367. The van der Waals surface area contributed by atoms with Crippen LogP contribution in [-0.2, 0) is 4.89 Å². The molecule has 84 valence electrons. The van der Waals surface area contributed by atoms with Crippen molar-refractivity contribution in [2.45, 2.75) is 59.0 Å². The van der Waals surface area contributed by atoms with Crippen LogP contribution in [0.4, 0.5) is 0 Å². The molecule has 0 aromatic heterocycles. The summed E-state index contributed by atoms with van der Waals surface area (Å²) in [4.78, 5) is 4.61. The molecule has 0 radical (unpaired) electrons. The van der Waals surface area contributed by atoms with Crippen LogP contribution in [0.25, 0.3) is 0 Å². The Hall–Kier alpha value is -0.0800. The summed E-state index contributed by atoms with van der Waals surface area (Å²) in [6.07, 6.45) is 5.01. The first-order chi connectivity index (χ1) is 6.47. The van der Waals surface area contributed by atoms with E-state index in [0.29, 0.717) is 5.92 Å². The smallest absolute Gasteiger partial charge is 0.101 e. The van der Waals surface area contributed by atoms with Gasteiger partial charge >= 0.3 is 0 Å². The van der Waals surface area contributed by atoms with Gasteiger partial charge in [0.1, 0.15) is 5.60 Å². The zero-order valence-electron chi connectivity index (χ0n) is 9.92. The van der Waals surface area contributed by atoms with Crippen molar-refractivity contribution in [1.29, 1.82) is 0 Å². The van der Waals surface area contributed by atoms with Gasteiger partial charge in [0.15, 0.2) is 0 Å². The fraction of sp³-hybridized carbons (Fsp3) is 1.00. The molecule has 1 fully saturated rings. The van der Waals surface area contributed by atoms with E-state index in [2.05, 4.69) is 18.7 Å². The Morgan fingerprint density at radius 3 is 2.43 bits per heavy atom. The average Bonchev–Trinajstić information content (AvgIpc) is 2.18. The van der Waals surface area contributed by atoms with Crippen LogP contribution in [0.3, 0.4) is 0 Å². The highest BCUT2D eigenvalue weighted by Gasteiger charge is 2.35. The number of rotatable bonds is 3. The SMILES string of the molecule is CC(C)C1CCCC(C(C)(C)OO)C1. The third-order valence-electron chi connectivity index (χ3n) is 3.88. The topological polar surface area (TPSA) is 29.5 Å². The van der Waals surface area contributed by atoms with Crippen molar-refractivity contribution in [1.82, 2.24) is 0 Å². The van der Waals surface area contributed by atoms with Crippen LogP contribution in [0, 0.1) is 17.8 Å². The van der Waals surface area contributed by atoms with Gasteiger partial charge < -0.3 is 0 Å². The van der Waals surface area contributed by atoms with Crippen LogP contribution in [0.5, 0.6) is 0 Å². The summed E-state index contributed by atoms with van der Waals surface area (Å²) in [6, 6.07) is 0. The van der Waals surface area contributed by atoms with Gasteiger partial charge in [-0.25, -0.2) is 4.89 Å². The fourth-order valence-corrected chi connectivity index (χ4v) is 2.54. The van der Waals surface area contributed by atoms with Gasteiger partial charge in [-0.05, 0) is 44.4 Å². The predicted molar refractivity (Wildman–Crippen MR) is 58.1 cm³/mol. The van der Waals surface area contributed by atoms with Crippen LogP contribution in [-0.4, -0.2) is 10.9 Å². The Morgan fingerprint density at radius 2 is 1.93 bits per heavy atom. The molecule has 0 amide bonds. The highest BCUT2D eigenvalue weighted by atomic mass is 17.1. The third kappa shape index (κ3) is 2.71. The van der Waals surface area contributed by atoms with E-state index in [1.54, 1.807) is 0 Å². The molecule has 0 saturated heterocycles. The second-order valence-corrected chi connectivity index (χ2v) is 5.56. The highest BCUT2D eigenvalue weighted by molar-refractivity contribution is 4.85. The summed E-state index contributed by atoms with van der Waals surface area (Å²) in [5.74, 6) is 2.07. The lowest BCUT2D eigenvalue weighted by atomic mass is 9.71. The summed E-state index contributed by atoms with van der Waals surface area (Å²) in [5.41, 5.74) is -0.367. The molecule has 2 atom stereocenters. The molecule has 2 nitrogen and oxygen atoms in total. The average molecular weight is 200 g/mol. The quantitative estimate of drug-likeness (QED) is 0.556. The molecule has 1 saturated carbocycles. The molecule has 0 aromatic rings. The lowest BCUT2D eigenvalue weighted by Gasteiger charge is -2.38. The van der Waals surface area contributed by atoms with E-state index in [4.69, 9.17) is 5.26 Å². The monoisotopic (exact) mass is 200 g/mol. The summed E-state index contributed by atoms with van der Waals surface area (Å²) in [7, 11) is 0. The third-order valence-corrected chi connectivity index (χ3v) is 3.88. The summed E-state index contributed by atoms with van der Waals surface area (Å²) in [6.45, 7) is 8.56. The molecule has 2 heteroatoms. The summed E-state index contributed by atoms with van der Waals surface area (Å²) in [5, 5.41) is 8.87. The van der Waals surface area contributed by atoms with Gasteiger partial charge in [-0.3, -0.25) is 5.26 Å². The molecule has 0 heterocycles. The van der Waals surface area contributed by atoms with Gasteiger partial charge in [0.05, 0.1) is 0 Å². The summed E-state index contributed by atoms with van der Waals surface area (Å²) < 4.78 is 0. The minimum Gasteiger partial charge on any atom is -0.251 e. The first-order valence-corrected chi connectivity index (χ1v) is 5.80. The largest absolute Gasteiger partial charge is 0.251 e. The number of hydrogen-bond acceptors (Lipinski definition) is 2. The van der Waals surface area contributed by atoms with E-state index in [9.17, 15) is 0 Å². The maximum absolute atomic E-state index is 8.87. The molecule has 0 bridgehead atoms. The normalized spacial score (nSPS) is 29.6. The van der Waals surface area contributed by atoms with Crippen molar-refractivity contribution >= 4 is 0 Å². The maximum atomic E-state index is 8.87. The Labute approximate surface area is 87.6 Å². The molecule has 14 heavy (non-hydrogen) atoms. The fourth-order valence-electron chi connectivity index (χ4n) is 2.54. The van der Waals surface area contributed by atoms with Crippen molar-refractivity contribution in [2.75, 3.05) is 0 Å². The van der Waals surface area contributed by atoms with Crippen LogP contribution >= 0.6 is 0 Å². The molecule has 0 aromatic carbocycles. The van der Waals surface area contributed by atoms with Crippen molar-refractivity contribution < 1.29 is 10.1 Å². The van der Waals surface area contributed by atoms with Gasteiger partial charge in [0, 0.05) is 0 Å². The van der Waals surface area contributed by atoms with Crippen LogP contribution in [0.2, 0.25) is 0 Å². The highest BCUT2D eigenvalue weighted by Crippen LogP contribution is 2.39. The molecule has 0 spiro atoms. The molecular weight excluding hydrogens is 176 g/mol. The second-order valence-electron chi connectivity index (χ2n) is 5.56. The molecule has 1 aliphatic carbocycles. The Balaban J connectivity index is 2.56. The molecular formula is C12H24O2. The Morgan fingerprint density at radius 1 is 1.29 bits per heavy atom. The lowest BCUT2D eigenvalue weighted by Crippen LogP contribution is -2.37. The van der Waals surface area contributed by atoms with Crippen LogP contribution < -0.4 is 0 Å². The minimum atomic E-state index is -0.367. The van der Waals surface area contributed by atoms with Crippen molar-refractivity contribution in [3.63, 3.8) is 0 Å². The van der Waals surface area contributed by atoms with E-state index >= 15 is 0 Å². The first-order valence-electron chi connectivity index (χ1n) is 5.80. The van der Waals surface area contributed by atoms with Gasteiger partial charge in [-0.2, -0.15) is 0 Å². The molecule has 1 N–H and O–H groups in total. The second kappa shape index (κ2) is 4.63. The zero-order chi connectivity index (χ0) is 10.8. The van der Waals surface area contributed by atoms with E-state index in [-0.39, 0.29) is 5.60 Å². The van der Waals surface area contributed by atoms with Crippen molar-refractivity contribution in [3.05, 3.63) is 0 Å². The molecule has 1 rings (SSSR count). The standard InChI is InChI=1S/C12H24O2/c1-9(2)10-6-5-7-11(8-10)12(3,4)14-13/h9-11,13H,5-8H2,1-4H3. The Bertz CT molecular complexity index is 175. The Kier molecular flexibility index (Phi) is 3.96. The summed E-state index contributed by atoms with van der Waals surface area (Å²) >= 11 is 0. The van der Waals surface area contributed by atoms with E-state index in [0.717, 1.165) is 11.8 Å². The first kappa shape index (κ1) is 12.0. The van der Waals surface area contributed by atoms with Gasteiger partial charge in [0.2, 0.25) is 0 Å². The molecule has 2 unspecified atom stereocenters. The van der Waals surface area contributed by atoms with Crippen molar-refractivity contribution in [3.8, 4) is 0 Å². The molecule has 1 aliphatic rings. The maximum Gasteiger partial charge on any atom is 0.101 e. The van der Waals surface area contributed by atoms with Gasteiger partial charge in [0.25, 0.3) is 0 Å². The van der Waals surface area contributed by atoms with Gasteiger partial charge in [-0.15, -0.1) is 0 Å². The molecule has 0 aliphatic heterocycles. The predicted octanol–water partition coefficient (Wildman–Crippen LogP) is 3.72. The lowest BCUT2D eigenvalue weighted by molar-refractivity contribution is -0.329. The van der Waals surface area contributed by atoms with E-state index in [1.807, 2.05) is 13.8 Å². The number of hydrogen-bond donors (Lipinski definition) is 1. The van der Waals surface area contributed by atoms with E-state index in [1.165, 1.54) is 25.7 Å².